The minimum atomic E-state index is 0.241. The van der Waals surface area contributed by atoms with Crippen molar-refractivity contribution in [3.05, 3.63) is 29.3 Å². The van der Waals surface area contributed by atoms with Crippen molar-refractivity contribution >= 4 is 13.6 Å². The molecule has 3 heteroatoms. The first-order valence-electron chi connectivity index (χ1n) is 4.52. The van der Waals surface area contributed by atoms with Crippen LogP contribution in [0.3, 0.4) is 0 Å². The van der Waals surface area contributed by atoms with Gasteiger partial charge in [-0.25, -0.2) is 0 Å². The van der Waals surface area contributed by atoms with Gasteiger partial charge in [0.25, 0.3) is 0 Å². The first-order chi connectivity index (χ1) is 6.61. The molecule has 0 aliphatic rings. The molecule has 0 aromatic heterocycles. The van der Waals surface area contributed by atoms with Crippen LogP contribution in [0.1, 0.15) is 25.0 Å². The van der Waals surface area contributed by atoms with Crippen LogP contribution in [-0.2, 0) is 16.3 Å². The third kappa shape index (κ3) is 4.57. The third-order valence-electron chi connectivity index (χ3n) is 1.67. The van der Waals surface area contributed by atoms with Gasteiger partial charge in [0.15, 0.2) is 0 Å². The van der Waals surface area contributed by atoms with Gasteiger partial charge in [0.05, 0.1) is 6.10 Å². The number of hydrogen-bond acceptors (Lipinski definition) is 1. The second-order valence-corrected chi connectivity index (χ2v) is 3.32. The summed E-state index contributed by atoms with van der Waals surface area (Å²) in [5, 5.41) is 0. The van der Waals surface area contributed by atoms with Crippen LogP contribution in [-0.4, -0.2) is 6.10 Å². The number of hydrogen-bond donors (Lipinski definition) is 0. The van der Waals surface area contributed by atoms with E-state index in [4.69, 9.17) is 4.74 Å². The molecule has 1 rings (SSSR count). The van der Waals surface area contributed by atoms with Gasteiger partial charge in [-0.1, -0.05) is 13.8 Å². The van der Waals surface area contributed by atoms with E-state index in [0.29, 0.717) is 0 Å². The summed E-state index contributed by atoms with van der Waals surface area (Å²) in [6.45, 7) is 8.16. The Labute approximate surface area is 103 Å². The first kappa shape index (κ1) is 14.1. The fourth-order valence-corrected chi connectivity index (χ4v) is 1.16. The molecular weight excluding hydrogens is 293 g/mol. The fraction of sp³-hybridized carbons (Fsp3) is 0.455. The van der Waals surface area contributed by atoms with Gasteiger partial charge < -0.3 is 4.74 Å². The molecule has 1 aromatic rings. The molecule has 0 radical (unpaired) electrons. The van der Waals surface area contributed by atoms with E-state index in [-0.39, 0.29) is 6.10 Å². The Balaban J connectivity index is 0.000000791. The van der Waals surface area contributed by atoms with E-state index in [1.165, 1.54) is 16.3 Å². The topological polar surface area (TPSA) is 9.23 Å². The van der Waals surface area contributed by atoms with Crippen molar-refractivity contribution in [3.8, 4) is 5.75 Å². The number of ether oxygens (including phenoxy) is 1. The molecule has 0 unspecified atom stereocenters. The van der Waals surface area contributed by atoms with E-state index in [9.17, 15) is 0 Å². The van der Waals surface area contributed by atoms with E-state index >= 15 is 0 Å². The number of aryl methyl sites for hydroxylation is 2. The van der Waals surface area contributed by atoms with Crippen molar-refractivity contribution < 1.29 is 21.1 Å². The van der Waals surface area contributed by atoms with Crippen LogP contribution < -0.4 is 4.74 Å². The van der Waals surface area contributed by atoms with Crippen LogP contribution in [0.5, 0.6) is 5.75 Å². The summed E-state index contributed by atoms with van der Waals surface area (Å²) < 4.78 is 5.66. The van der Waals surface area contributed by atoms with Crippen molar-refractivity contribution in [2.24, 2.45) is 0 Å². The maximum atomic E-state index is 5.66. The van der Waals surface area contributed by atoms with E-state index in [0.717, 1.165) is 16.9 Å². The van der Waals surface area contributed by atoms with E-state index in [1.807, 2.05) is 39.8 Å². The summed E-state index contributed by atoms with van der Waals surface area (Å²) in [4.78, 5) is 0. The molecule has 74 valence electrons. The van der Waals surface area contributed by atoms with E-state index in [2.05, 4.69) is 19.7 Å². The molecule has 0 N–H and O–H groups in total. The van der Waals surface area contributed by atoms with Gasteiger partial charge in [0.2, 0.25) is 0 Å². The monoisotopic (exact) mass is 306 g/mol. The normalized spacial score (nSPS) is 9.43. The summed E-state index contributed by atoms with van der Waals surface area (Å²) in [7, 11) is 0. The van der Waals surface area contributed by atoms with Gasteiger partial charge in [-0.15, -0.1) is 11.1 Å². The van der Waals surface area contributed by atoms with E-state index < -0.39 is 0 Å². The Morgan fingerprint density at radius 3 is 2.00 bits per heavy atom. The molecule has 0 amide bonds. The zero-order chi connectivity index (χ0) is 11.1. The molecular formula is C11H15BrOZn. The number of rotatable bonds is 2. The van der Waals surface area contributed by atoms with Crippen LogP contribution in [0, 0.1) is 19.9 Å². The molecule has 1 nitrogen and oxygen atoms in total. The molecule has 0 fully saturated rings. The second kappa shape index (κ2) is 7.42. The van der Waals surface area contributed by atoms with E-state index in [1.54, 1.807) is 0 Å². The summed E-state index contributed by atoms with van der Waals surface area (Å²) in [6, 6.07) is 6.96. The minimum absolute atomic E-state index is 0.241. The van der Waals surface area contributed by atoms with Gasteiger partial charge >= 0.3 is 30.0 Å². The van der Waals surface area contributed by atoms with Gasteiger partial charge in [-0.3, -0.25) is 0 Å². The Hall–Kier alpha value is 0.123. The molecule has 0 atom stereocenters. The average Bonchev–Trinajstić information content (AvgIpc) is 2.15. The van der Waals surface area contributed by atoms with Gasteiger partial charge in [-0.05, 0) is 13.8 Å². The molecule has 0 aliphatic carbocycles. The predicted octanol–water partition coefficient (Wildman–Crippen LogP) is 3.73. The van der Waals surface area contributed by atoms with Crippen LogP contribution >= 0.6 is 13.6 Å². The molecule has 14 heavy (non-hydrogen) atoms. The van der Waals surface area contributed by atoms with Crippen LogP contribution in [0.2, 0.25) is 0 Å². The van der Waals surface area contributed by atoms with Crippen molar-refractivity contribution in [3.63, 3.8) is 0 Å². The molecule has 0 aliphatic heterocycles. The quantitative estimate of drug-likeness (QED) is 0.597. The second-order valence-electron chi connectivity index (χ2n) is 3.32. The van der Waals surface area contributed by atoms with Gasteiger partial charge in [0.1, 0.15) is 0 Å². The molecule has 1 aromatic carbocycles. The fourth-order valence-electron chi connectivity index (χ4n) is 1.16. The molecule has 0 saturated carbocycles. The number of benzene rings is 1. The maximum absolute atomic E-state index is 5.66. The molecule has 0 spiro atoms. The predicted molar refractivity (Wildman–Crippen MR) is 59.4 cm³/mol. The first-order valence-corrected chi connectivity index (χ1v) is 11.5. The number of halogens is 1. The third-order valence-corrected chi connectivity index (χ3v) is 1.67. The van der Waals surface area contributed by atoms with Gasteiger partial charge in [-0.2, -0.15) is 18.2 Å². The molecule has 0 bridgehead atoms. The Bertz CT molecular complexity index is 254. The standard InChI is InChI=1S/C11H15O.BrH.Zn/c1-8(2)12-11-9(3)6-5-7-10(11)4;;/h6-8H,1-4H3;1H;/q-1;;+2/p-1. The van der Waals surface area contributed by atoms with Crippen LogP contribution in [0.25, 0.3) is 0 Å². The van der Waals surface area contributed by atoms with Crippen molar-refractivity contribution in [2.75, 3.05) is 0 Å². The summed E-state index contributed by atoms with van der Waals surface area (Å²) in [6.07, 6.45) is 0.241. The van der Waals surface area contributed by atoms with Crippen molar-refractivity contribution in [1.29, 1.82) is 0 Å². The van der Waals surface area contributed by atoms with Crippen molar-refractivity contribution in [1.82, 2.24) is 0 Å². The van der Waals surface area contributed by atoms with Crippen LogP contribution in [0.4, 0.5) is 0 Å². The molecule has 0 saturated heterocycles. The summed E-state index contributed by atoms with van der Waals surface area (Å²) in [5.74, 6) is 1.00. The average molecular weight is 309 g/mol. The SMILES string of the molecule is Cc1c[c-]cc(C)c1OC(C)C.[Zn+][Br]. The van der Waals surface area contributed by atoms with Gasteiger partial charge in [0, 0.05) is 5.75 Å². The van der Waals surface area contributed by atoms with Crippen LogP contribution in [0.15, 0.2) is 12.1 Å². The molecule has 0 heterocycles. The zero-order valence-corrected chi connectivity index (χ0v) is 13.8. The summed E-state index contributed by atoms with van der Waals surface area (Å²) >= 11 is 4.25. The Morgan fingerprint density at radius 2 is 1.64 bits per heavy atom. The van der Waals surface area contributed by atoms with Crippen molar-refractivity contribution in [2.45, 2.75) is 33.8 Å². The Morgan fingerprint density at radius 1 is 1.21 bits per heavy atom. The Kier molecular flexibility index (Phi) is 7.48. The zero-order valence-electron chi connectivity index (χ0n) is 9.23. The summed E-state index contributed by atoms with van der Waals surface area (Å²) in [5.41, 5.74) is 2.31.